The van der Waals surface area contributed by atoms with Crippen LogP contribution in [0.1, 0.15) is 54.4 Å². The standard InChI is InChI=1S/C36H41ClN4O2/c37-31-14-12-26(13-15-31)21-32(39-36(43)33-23-28-7-1-2-8-29(28)24-38-33)22-27-16-19-40(20-17-27)34-10-4-3-9-30(34)25-41-18-6-5-11-35(41)42/h1-4,7-10,12-15,22,32-33,38H,5-6,11,16-21,23-25H2,(H,39,43)/t32-,33+/m0/s1. The summed E-state index contributed by atoms with van der Waals surface area (Å²) in [5.41, 5.74) is 7.48. The molecule has 2 N–H and O–H groups in total. The minimum absolute atomic E-state index is 0.0453. The van der Waals surface area contributed by atoms with E-state index in [1.54, 1.807) is 0 Å². The lowest BCUT2D eigenvalue weighted by molar-refractivity contribution is -0.133. The quantitative estimate of drug-likeness (QED) is 0.322. The van der Waals surface area contributed by atoms with E-state index in [2.05, 4.69) is 64.1 Å². The van der Waals surface area contributed by atoms with Gasteiger partial charge in [-0.3, -0.25) is 9.59 Å². The average Bonchev–Trinajstić information content (AvgIpc) is 3.03. The molecule has 0 saturated carbocycles. The van der Waals surface area contributed by atoms with Crippen LogP contribution in [0.15, 0.2) is 84.4 Å². The Labute approximate surface area is 260 Å². The molecule has 2 amide bonds. The number of piperidine rings is 2. The van der Waals surface area contributed by atoms with Crippen molar-refractivity contribution in [1.82, 2.24) is 15.5 Å². The van der Waals surface area contributed by atoms with E-state index in [0.717, 1.165) is 50.9 Å². The first-order valence-corrected chi connectivity index (χ1v) is 16.0. The van der Waals surface area contributed by atoms with Crippen LogP contribution in [-0.4, -0.2) is 48.4 Å². The average molecular weight is 597 g/mol. The Hall–Kier alpha value is -3.61. The predicted molar refractivity (Wildman–Crippen MR) is 173 cm³/mol. The topological polar surface area (TPSA) is 64.7 Å². The molecule has 2 saturated heterocycles. The van der Waals surface area contributed by atoms with Crippen LogP contribution in [0.5, 0.6) is 0 Å². The highest BCUT2D eigenvalue weighted by Crippen LogP contribution is 2.28. The minimum atomic E-state index is -0.244. The molecule has 3 aromatic rings. The number of likely N-dealkylation sites (tertiary alicyclic amines) is 1. The van der Waals surface area contributed by atoms with Crippen LogP contribution in [0.3, 0.4) is 0 Å². The Kier molecular flexibility index (Phi) is 9.45. The number of nitrogens with one attached hydrogen (secondary N) is 2. The zero-order valence-corrected chi connectivity index (χ0v) is 25.5. The van der Waals surface area contributed by atoms with E-state index in [1.165, 1.54) is 28.0 Å². The molecule has 3 heterocycles. The van der Waals surface area contributed by atoms with Crippen LogP contribution in [0.25, 0.3) is 0 Å². The maximum absolute atomic E-state index is 13.5. The number of amides is 2. The number of anilines is 1. The molecule has 3 aliphatic heterocycles. The van der Waals surface area contributed by atoms with Gasteiger partial charge in [0.25, 0.3) is 0 Å². The maximum Gasteiger partial charge on any atom is 0.237 e. The van der Waals surface area contributed by atoms with Gasteiger partial charge in [0.2, 0.25) is 11.8 Å². The van der Waals surface area contributed by atoms with Crippen molar-refractivity contribution < 1.29 is 9.59 Å². The Morgan fingerprint density at radius 3 is 2.47 bits per heavy atom. The molecular formula is C36H41ClN4O2. The number of carbonyl (C=O) groups excluding carboxylic acids is 2. The number of fused-ring (bicyclic) bond motifs is 1. The third-order valence-corrected chi connectivity index (χ3v) is 9.30. The molecule has 7 heteroatoms. The number of hydrogen-bond donors (Lipinski definition) is 2. The van der Waals surface area contributed by atoms with Crippen LogP contribution in [0.4, 0.5) is 5.69 Å². The molecule has 0 unspecified atom stereocenters. The fraction of sp³-hybridized carbons (Fsp3) is 0.389. The van der Waals surface area contributed by atoms with Gasteiger partial charge in [0.1, 0.15) is 0 Å². The van der Waals surface area contributed by atoms with Gasteiger partial charge >= 0.3 is 0 Å². The second-order valence-corrected chi connectivity index (χ2v) is 12.5. The van der Waals surface area contributed by atoms with Crippen molar-refractivity contribution in [2.24, 2.45) is 0 Å². The number of rotatable bonds is 8. The first-order chi connectivity index (χ1) is 21.0. The SMILES string of the molecule is O=C(N[C@H](C=C1CCN(c2ccccc2CN2CCCCC2=O)CC1)Cc1ccc(Cl)cc1)[C@H]1Cc2ccccc2CN1. The van der Waals surface area contributed by atoms with Gasteiger partial charge in [-0.25, -0.2) is 0 Å². The molecule has 2 fully saturated rings. The van der Waals surface area contributed by atoms with Crippen LogP contribution >= 0.6 is 11.6 Å². The summed E-state index contributed by atoms with van der Waals surface area (Å²) in [6.45, 7) is 4.08. The second-order valence-electron chi connectivity index (χ2n) is 12.1. The summed E-state index contributed by atoms with van der Waals surface area (Å²) in [6, 6.07) is 24.4. The Bertz CT molecular complexity index is 1460. The van der Waals surface area contributed by atoms with Gasteiger partial charge in [-0.2, -0.15) is 0 Å². The monoisotopic (exact) mass is 596 g/mol. The zero-order valence-electron chi connectivity index (χ0n) is 24.7. The lowest BCUT2D eigenvalue weighted by atomic mass is 9.94. The smallest absolute Gasteiger partial charge is 0.237 e. The van der Waals surface area contributed by atoms with E-state index in [9.17, 15) is 9.59 Å². The molecule has 3 aliphatic rings. The first-order valence-electron chi connectivity index (χ1n) is 15.7. The minimum Gasteiger partial charge on any atom is -0.371 e. The van der Waals surface area contributed by atoms with Gasteiger partial charge in [-0.15, -0.1) is 0 Å². The summed E-state index contributed by atoms with van der Waals surface area (Å²) in [6.07, 6.45) is 8.34. The summed E-state index contributed by atoms with van der Waals surface area (Å²) >= 11 is 6.15. The van der Waals surface area contributed by atoms with E-state index in [-0.39, 0.29) is 23.9 Å². The Morgan fingerprint density at radius 2 is 1.67 bits per heavy atom. The molecule has 6 rings (SSSR count). The maximum atomic E-state index is 13.5. The largest absolute Gasteiger partial charge is 0.371 e. The highest BCUT2D eigenvalue weighted by molar-refractivity contribution is 6.30. The van der Waals surface area contributed by atoms with Gasteiger partial charge in [0.05, 0.1) is 12.1 Å². The number of benzene rings is 3. The summed E-state index contributed by atoms with van der Waals surface area (Å²) in [5.74, 6) is 0.315. The van der Waals surface area contributed by atoms with Crippen LogP contribution in [0, 0.1) is 0 Å². The van der Waals surface area contributed by atoms with E-state index in [0.29, 0.717) is 37.4 Å². The molecule has 224 valence electrons. The van der Waals surface area contributed by atoms with E-state index in [4.69, 9.17) is 11.6 Å². The fourth-order valence-electron chi connectivity index (χ4n) is 6.62. The van der Waals surface area contributed by atoms with E-state index in [1.807, 2.05) is 35.2 Å². The first kappa shape index (κ1) is 29.5. The normalized spacial score (nSPS) is 19.5. The molecule has 3 aromatic carbocycles. The third kappa shape index (κ3) is 7.49. The molecule has 0 aliphatic carbocycles. The fourth-order valence-corrected chi connectivity index (χ4v) is 6.75. The summed E-state index contributed by atoms with van der Waals surface area (Å²) in [4.78, 5) is 30.5. The highest BCUT2D eigenvalue weighted by atomic mass is 35.5. The van der Waals surface area contributed by atoms with E-state index >= 15 is 0 Å². The zero-order chi connectivity index (χ0) is 29.6. The highest BCUT2D eigenvalue weighted by Gasteiger charge is 2.26. The second kappa shape index (κ2) is 13.8. The van der Waals surface area contributed by atoms with Gasteiger partial charge in [-0.05, 0) is 79.0 Å². The number of para-hydroxylation sites is 1. The third-order valence-electron chi connectivity index (χ3n) is 9.05. The van der Waals surface area contributed by atoms with Crippen LogP contribution in [0.2, 0.25) is 5.02 Å². The van der Waals surface area contributed by atoms with Crippen molar-refractivity contribution in [3.63, 3.8) is 0 Å². The molecule has 0 aromatic heterocycles. The van der Waals surface area contributed by atoms with Crippen molar-refractivity contribution in [2.45, 2.75) is 70.1 Å². The van der Waals surface area contributed by atoms with Crippen LogP contribution in [-0.2, 0) is 35.5 Å². The summed E-state index contributed by atoms with van der Waals surface area (Å²) < 4.78 is 0. The van der Waals surface area contributed by atoms with Crippen molar-refractivity contribution in [2.75, 3.05) is 24.5 Å². The Morgan fingerprint density at radius 1 is 0.930 bits per heavy atom. The summed E-state index contributed by atoms with van der Waals surface area (Å²) in [5, 5.41) is 7.52. The molecule has 43 heavy (non-hydrogen) atoms. The van der Waals surface area contributed by atoms with Gasteiger partial charge in [0, 0.05) is 49.9 Å². The Balaban J connectivity index is 1.13. The van der Waals surface area contributed by atoms with Crippen molar-refractivity contribution in [1.29, 1.82) is 0 Å². The number of carbonyl (C=O) groups is 2. The van der Waals surface area contributed by atoms with Crippen molar-refractivity contribution >= 4 is 29.1 Å². The van der Waals surface area contributed by atoms with Gasteiger partial charge in [-0.1, -0.05) is 77.8 Å². The molecule has 0 radical (unpaired) electrons. The van der Waals surface area contributed by atoms with Crippen LogP contribution < -0.4 is 15.5 Å². The lowest BCUT2D eigenvalue weighted by Gasteiger charge is -2.34. The predicted octanol–water partition coefficient (Wildman–Crippen LogP) is 5.82. The molecule has 0 spiro atoms. The lowest BCUT2D eigenvalue weighted by Crippen LogP contribution is -2.50. The van der Waals surface area contributed by atoms with Crippen molar-refractivity contribution in [3.8, 4) is 0 Å². The van der Waals surface area contributed by atoms with Crippen molar-refractivity contribution in [3.05, 3.63) is 112 Å². The van der Waals surface area contributed by atoms with E-state index < -0.39 is 0 Å². The molecule has 2 atom stereocenters. The molecular weight excluding hydrogens is 556 g/mol. The van der Waals surface area contributed by atoms with Gasteiger partial charge < -0.3 is 20.4 Å². The molecule has 0 bridgehead atoms. The molecule has 6 nitrogen and oxygen atoms in total. The number of halogens is 1. The number of hydrogen-bond acceptors (Lipinski definition) is 4. The van der Waals surface area contributed by atoms with Gasteiger partial charge in [0.15, 0.2) is 0 Å². The summed E-state index contributed by atoms with van der Waals surface area (Å²) in [7, 11) is 0. The number of nitrogens with zero attached hydrogens (tertiary/aromatic N) is 2.